The molecule has 9 nitrogen and oxygen atoms in total. The Labute approximate surface area is 215 Å². The van der Waals surface area contributed by atoms with Gasteiger partial charge in [0.05, 0.1) is 10.5 Å². The number of rotatable bonds is 8. The normalized spacial score (nSPS) is 13.6. The Bertz CT molecular complexity index is 1510. The van der Waals surface area contributed by atoms with Gasteiger partial charge in [-0.2, -0.15) is 0 Å². The van der Waals surface area contributed by atoms with Crippen LogP contribution in [0.5, 0.6) is 5.75 Å². The molecule has 0 unspecified atom stereocenters. The molecule has 0 radical (unpaired) electrons. The van der Waals surface area contributed by atoms with Gasteiger partial charge in [0.15, 0.2) is 0 Å². The summed E-state index contributed by atoms with van der Waals surface area (Å²) in [5.74, 6) is 0.171. The molecule has 4 aromatic rings. The van der Waals surface area contributed by atoms with Crippen LogP contribution >= 0.6 is 11.6 Å². The minimum absolute atomic E-state index is 0.165. The molecular weight excluding hydrogens is 501 g/mol. The van der Waals surface area contributed by atoms with Gasteiger partial charge in [-0.25, -0.2) is 19.2 Å². The number of halogens is 2. The first kappa shape index (κ1) is 24.3. The number of nitrogens with zero attached hydrogens (tertiary/aromatic N) is 2. The Morgan fingerprint density at radius 3 is 2.59 bits per heavy atom. The van der Waals surface area contributed by atoms with Crippen LogP contribution in [0.15, 0.2) is 67.0 Å². The Morgan fingerprint density at radius 2 is 1.86 bits per heavy atom. The first-order valence-corrected chi connectivity index (χ1v) is 11.7. The first-order valence-electron chi connectivity index (χ1n) is 11.3. The summed E-state index contributed by atoms with van der Waals surface area (Å²) in [5.41, 5.74) is 1.35. The summed E-state index contributed by atoms with van der Waals surface area (Å²) in [6.45, 7) is 0.165. The molecule has 4 N–H and O–H groups in total. The monoisotopic (exact) mass is 521 g/mol. The molecule has 1 aromatic heterocycles. The van der Waals surface area contributed by atoms with E-state index in [-0.39, 0.29) is 12.4 Å². The number of amides is 2. The third-order valence-electron chi connectivity index (χ3n) is 5.90. The molecule has 0 bridgehead atoms. The molecule has 11 heteroatoms. The zero-order valence-corrected chi connectivity index (χ0v) is 20.1. The van der Waals surface area contributed by atoms with E-state index in [1.54, 1.807) is 48.5 Å². The molecule has 1 fully saturated rings. The smallest absolute Gasteiger partial charge is 0.405 e. The lowest BCUT2D eigenvalue weighted by Crippen LogP contribution is -2.45. The first-order chi connectivity index (χ1) is 17.8. The van der Waals surface area contributed by atoms with Crippen LogP contribution in [-0.2, 0) is 11.4 Å². The largest absolute Gasteiger partial charge is 0.487 e. The number of benzene rings is 3. The highest BCUT2D eigenvalue weighted by atomic mass is 35.5. The summed E-state index contributed by atoms with van der Waals surface area (Å²) in [4.78, 5) is 32.3. The Morgan fingerprint density at radius 1 is 1.05 bits per heavy atom. The van der Waals surface area contributed by atoms with E-state index in [0.29, 0.717) is 57.3 Å². The van der Waals surface area contributed by atoms with E-state index in [4.69, 9.17) is 21.4 Å². The molecule has 37 heavy (non-hydrogen) atoms. The van der Waals surface area contributed by atoms with E-state index in [0.717, 1.165) is 0 Å². The van der Waals surface area contributed by atoms with E-state index >= 15 is 0 Å². The van der Waals surface area contributed by atoms with Crippen LogP contribution in [-0.4, -0.2) is 32.6 Å². The van der Waals surface area contributed by atoms with Crippen molar-refractivity contribution in [3.63, 3.8) is 0 Å². The highest BCUT2D eigenvalue weighted by Gasteiger charge is 2.51. The zero-order chi connectivity index (χ0) is 26.0. The highest BCUT2D eigenvalue weighted by molar-refractivity contribution is 6.32. The van der Waals surface area contributed by atoms with Gasteiger partial charge in [-0.05, 0) is 66.9 Å². The van der Waals surface area contributed by atoms with Gasteiger partial charge in [-0.15, -0.1) is 0 Å². The minimum atomic E-state index is -1.24. The van der Waals surface area contributed by atoms with Gasteiger partial charge in [0.2, 0.25) is 5.91 Å². The van der Waals surface area contributed by atoms with Crippen molar-refractivity contribution in [2.24, 2.45) is 0 Å². The number of hydrogen-bond acceptors (Lipinski definition) is 6. The van der Waals surface area contributed by atoms with E-state index < -0.39 is 17.5 Å². The van der Waals surface area contributed by atoms with Crippen LogP contribution in [0.2, 0.25) is 5.02 Å². The summed E-state index contributed by atoms with van der Waals surface area (Å²) < 4.78 is 19.1. The third kappa shape index (κ3) is 5.54. The summed E-state index contributed by atoms with van der Waals surface area (Å²) in [6.07, 6.45) is 1.06. The molecule has 0 atom stereocenters. The number of carboxylic acid groups (broad SMARTS) is 1. The molecule has 0 saturated heterocycles. The number of carbonyl (C=O) groups is 2. The Kier molecular flexibility index (Phi) is 6.49. The van der Waals surface area contributed by atoms with Crippen molar-refractivity contribution in [3.05, 3.63) is 83.4 Å². The predicted octanol–water partition coefficient (Wildman–Crippen LogP) is 5.48. The van der Waals surface area contributed by atoms with Gasteiger partial charge in [0.25, 0.3) is 0 Å². The Balaban J connectivity index is 1.32. The second kappa shape index (κ2) is 9.90. The van der Waals surface area contributed by atoms with E-state index in [2.05, 4.69) is 25.9 Å². The van der Waals surface area contributed by atoms with Crippen LogP contribution in [0.25, 0.3) is 10.9 Å². The molecule has 0 aliphatic heterocycles. The molecule has 5 rings (SSSR count). The van der Waals surface area contributed by atoms with Crippen molar-refractivity contribution in [1.29, 1.82) is 0 Å². The van der Waals surface area contributed by atoms with Crippen molar-refractivity contribution in [2.45, 2.75) is 25.0 Å². The summed E-state index contributed by atoms with van der Waals surface area (Å²) in [7, 11) is 0. The number of nitrogens with one attached hydrogen (secondary N) is 3. The summed E-state index contributed by atoms with van der Waals surface area (Å²) in [5, 5.41) is 18.3. The van der Waals surface area contributed by atoms with Crippen LogP contribution in [0.1, 0.15) is 18.4 Å². The van der Waals surface area contributed by atoms with Crippen LogP contribution in [0.4, 0.5) is 26.4 Å². The number of carbonyl (C=O) groups excluding carboxylic acids is 1. The molecule has 1 heterocycles. The maximum absolute atomic E-state index is 13.4. The fourth-order valence-corrected chi connectivity index (χ4v) is 4.08. The van der Waals surface area contributed by atoms with Gasteiger partial charge in [-0.1, -0.05) is 23.7 Å². The van der Waals surface area contributed by atoms with Gasteiger partial charge >= 0.3 is 6.09 Å². The SMILES string of the molecule is O=C(O)NC1(C(=O)Nc2ccc3ncnc(Nc4ccc(OCc5cccc(F)c5)c(Cl)c4)c3c2)CC1. The van der Waals surface area contributed by atoms with E-state index in [1.165, 1.54) is 18.5 Å². The van der Waals surface area contributed by atoms with Crippen LogP contribution in [0.3, 0.4) is 0 Å². The van der Waals surface area contributed by atoms with Crippen LogP contribution in [0, 0.1) is 5.82 Å². The van der Waals surface area contributed by atoms with E-state index in [9.17, 15) is 14.0 Å². The van der Waals surface area contributed by atoms with Gasteiger partial charge in [0, 0.05) is 16.8 Å². The minimum Gasteiger partial charge on any atom is -0.487 e. The second-order valence-electron chi connectivity index (χ2n) is 8.61. The van der Waals surface area contributed by atoms with E-state index in [1.807, 2.05) is 0 Å². The summed E-state index contributed by atoms with van der Waals surface area (Å²) >= 11 is 6.41. The lowest BCUT2D eigenvalue weighted by molar-refractivity contribution is -0.119. The van der Waals surface area contributed by atoms with Crippen LogP contribution < -0.4 is 20.7 Å². The quantitative estimate of drug-likeness (QED) is 0.242. The standard InChI is InChI=1S/C26H21ClFN5O4/c27-20-12-18(5-7-22(20)37-13-15-2-1-3-16(28)10-15)31-23-19-11-17(4-6-21(19)29-14-30-23)32-24(34)26(8-9-26)33-25(35)36/h1-7,10-12,14,33H,8-9,13H2,(H,32,34)(H,35,36)(H,29,30,31). The molecule has 1 saturated carbocycles. The third-order valence-corrected chi connectivity index (χ3v) is 6.20. The molecular formula is C26H21ClFN5O4. The maximum Gasteiger partial charge on any atom is 0.405 e. The average Bonchev–Trinajstić information content (AvgIpc) is 3.64. The molecule has 2 amide bonds. The molecule has 3 aromatic carbocycles. The van der Waals surface area contributed by atoms with Gasteiger partial charge in [0.1, 0.15) is 35.9 Å². The van der Waals surface area contributed by atoms with Crippen molar-refractivity contribution in [2.75, 3.05) is 10.6 Å². The zero-order valence-electron chi connectivity index (χ0n) is 19.3. The van der Waals surface area contributed by atoms with Crippen molar-refractivity contribution in [1.82, 2.24) is 15.3 Å². The number of aromatic nitrogens is 2. The van der Waals surface area contributed by atoms with Crippen molar-refractivity contribution < 1.29 is 23.8 Å². The highest BCUT2D eigenvalue weighted by Crippen LogP contribution is 2.37. The number of fused-ring (bicyclic) bond motifs is 1. The van der Waals surface area contributed by atoms with Gasteiger partial charge < -0.3 is 25.8 Å². The summed E-state index contributed by atoms with van der Waals surface area (Å²) in [6, 6.07) is 16.4. The van der Waals surface area contributed by atoms with Crippen molar-refractivity contribution in [3.8, 4) is 5.75 Å². The topological polar surface area (TPSA) is 125 Å². The average molecular weight is 522 g/mol. The maximum atomic E-state index is 13.4. The predicted molar refractivity (Wildman–Crippen MR) is 137 cm³/mol. The second-order valence-corrected chi connectivity index (χ2v) is 9.02. The lowest BCUT2D eigenvalue weighted by Gasteiger charge is -2.16. The van der Waals surface area contributed by atoms with Crippen molar-refractivity contribution >= 4 is 51.7 Å². The number of hydrogen-bond donors (Lipinski definition) is 4. The molecule has 188 valence electrons. The fourth-order valence-electron chi connectivity index (χ4n) is 3.84. The fraction of sp³-hybridized carbons (Fsp3) is 0.154. The molecule has 0 spiro atoms. The lowest BCUT2D eigenvalue weighted by atomic mass is 10.2. The molecule has 1 aliphatic rings. The number of ether oxygens (including phenoxy) is 1. The number of anilines is 3. The van der Waals surface area contributed by atoms with Gasteiger partial charge in [-0.3, -0.25) is 4.79 Å². The molecule has 1 aliphatic carbocycles. The Hall–Kier alpha value is -4.44.